The summed E-state index contributed by atoms with van der Waals surface area (Å²) in [5.74, 6) is -0.359. The van der Waals surface area contributed by atoms with Crippen molar-refractivity contribution in [3.8, 4) is 0 Å². The van der Waals surface area contributed by atoms with Crippen molar-refractivity contribution in [2.45, 2.75) is 37.9 Å². The smallest absolute Gasteiger partial charge is 0.391 e. The third-order valence-corrected chi connectivity index (χ3v) is 2.98. The van der Waals surface area contributed by atoms with E-state index in [1.807, 2.05) is 0 Å². The molecule has 1 saturated heterocycles. The zero-order valence-electron chi connectivity index (χ0n) is 10.5. The average molecular weight is 299 g/mol. The molecule has 0 aromatic rings. The van der Waals surface area contributed by atoms with E-state index >= 15 is 0 Å². The van der Waals surface area contributed by atoms with Crippen LogP contribution in [0.4, 0.5) is 0 Å². The SMILES string of the molecule is COC1OC(COS(=O)(=O)O)CC(O)C1NC(C)=O. The normalized spacial score (nSPS) is 32.0. The average Bonchev–Trinajstić information content (AvgIpc) is 2.28. The molecule has 0 spiro atoms. The van der Waals surface area contributed by atoms with Crippen LogP contribution in [0.25, 0.3) is 0 Å². The Balaban J connectivity index is 2.62. The first-order valence-electron chi connectivity index (χ1n) is 5.48. The highest BCUT2D eigenvalue weighted by atomic mass is 32.3. The number of hydrogen-bond donors (Lipinski definition) is 3. The Hall–Kier alpha value is -0.780. The van der Waals surface area contributed by atoms with Crippen LogP contribution in [-0.2, 0) is 28.9 Å². The Kier molecular flexibility index (Phi) is 5.64. The summed E-state index contributed by atoms with van der Waals surface area (Å²) in [5, 5.41) is 12.4. The second kappa shape index (κ2) is 6.59. The molecule has 1 amide bonds. The molecule has 1 heterocycles. The lowest BCUT2D eigenvalue weighted by molar-refractivity contribution is -0.225. The fourth-order valence-electron chi connectivity index (χ4n) is 1.80. The van der Waals surface area contributed by atoms with Crippen molar-refractivity contribution in [1.29, 1.82) is 0 Å². The van der Waals surface area contributed by atoms with E-state index in [4.69, 9.17) is 14.0 Å². The van der Waals surface area contributed by atoms with Gasteiger partial charge >= 0.3 is 10.4 Å². The van der Waals surface area contributed by atoms with E-state index in [1.165, 1.54) is 14.0 Å². The highest BCUT2D eigenvalue weighted by molar-refractivity contribution is 7.80. The van der Waals surface area contributed by atoms with Gasteiger partial charge in [-0.2, -0.15) is 8.42 Å². The Labute approximate surface area is 110 Å². The number of carbonyl (C=O) groups excluding carboxylic acids is 1. The van der Waals surface area contributed by atoms with Crippen molar-refractivity contribution in [1.82, 2.24) is 5.32 Å². The van der Waals surface area contributed by atoms with Gasteiger partial charge in [-0.1, -0.05) is 0 Å². The minimum Gasteiger partial charge on any atom is -0.391 e. The number of rotatable bonds is 5. The number of amides is 1. The molecule has 0 radical (unpaired) electrons. The van der Waals surface area contributed by atoms with Gasteiger partial charge in [0, 0.05) is 20.5 Å². The summed E-state index contributed by atoms with van der Waals surface area (Å²) in [6, 6.07) is -0.760. The topological polar surface area (TPSA) is 131 Å². The van der Waals surface area contributed by atoms with Crippen LogP contribution in [0, 0.1) is 0 Å². The van der Waals surface area contributed by atoms with Crippen molar-refractivity contribution in [2.24, 2.45) is 0 Å². The fraction of sp³-hybridized carbons (Fsp3) is 0.889. The number of aliphatic hydroxyl groups excluding tert-OH is 1. The Bertz CT molecular complexity index is 410. The number of ether oxygens (including phenoxy) is 2. The zero-order valence-corrected chi connectivity index (χ0v) is 11.3. The predicted molar refractivity (Wildman–Crippen MR) is 61.4 cm³/mol. The molecule has 4 unspecified atom stereocenters. The molecule has 19 heavy (non-hydrogen) atoms. The molecule has 1 aliphatic rings. The molecule has 1 rings (SSSR count). The van der Waals surface area contributed by atoms with Crippen LogP contribution < -0.4 is 5.32 Å². The Morgan fingerprint density at radius 1 is 1.53 bits per heavy atom. The summed E-state index contributed by atoms with van der Waals surface area (Å²) >= 11 is 0. The van der Waals surface area contributed by atoms with E-state index in [-0.39, 0.29) is 12.3 Å². The summed E-state index contributed by atoms with van der Waals surface area (Å²) in [6.45, 7) is 0.829. The van der Waals surface area contributed by atoms with Crippen LogP contribution >= 0.6 is 0 Å². The molecule has 0 aromatic heterocycles. The lowest BCUT2D eigenvalue weighted by atomic mass is 10.0. The minimum atomic E-state index is -4.57. The standard InChI is InChI=1S/C9H17NO8S/c1-5(11)10-8-7(12)3-6(18-9(8)16-2)4-17-19(13,14)15/h6-9,12H,3-4H2,1-2H3,(H,10,11)(H,13,14,15). The lowest BCUT2D eigenvalue weighted by Gasteiger charge is -2.38. The summed E-state index contributed by atoms with van der Waals surface area (Å²) in [7, 11) is -3.25. The minimum absolute atomic E-state index is 0.0281. The molecule has 0 saturated carbocycles. The van der Waals surface area contributed by atoms with E-state index in [1.54, 1.807) is 0 Å². The van der Waals surface area contributed by atoms with Crippen molar-refractivity contribution in [3.05, 3.63) is 0 Å². The van der Waals surface area contributed by atoms with Gasteiger partial charge in [-0.05, 0) is 0 Å². The molecule has 10 heteroatoms. The van der Waals surface area contributed by atoms with Crippen LogP contribution in [0.3, 0.4) is 0 Å². The van der Waals surface area contributed by atoms with E-state index in [2.05, 4.69) is 9.50 Å². The maximum Gasteiger partial charge on any atom is 0.397 e. The van der Waals surface area contributed by atoms with E-state index in [9.17, 15) is 18.3 Å². The Morgan fingerprint density at radius 2 is 2.16 bits per heavy atom. The van der Waals surface area contributed by atoms with Gasteiger partial charge in [0.15, 0.2) is 6.29 Å². The molecule has 4 atom stereocenters. The number of nitrogens with one attached hydrogen (secondary N) is 1. The molecule has 9 nitrogen and oxygen atoms in total. The lowest BCUT2D eigenvalue weighted by Crippen LogP contribution is -2.58. The largest absolute Gasteiger partial charge is 0.397 e. The van der Waals surface area contributed by atoms with Crippen molar-refractivity contribution in [2.75, 3.05) is 13.7 Å². The van der Waals surface area contributed by atoms with Gasteiger partial charge in [0.05, 0.1) is 18.8 Å². The molecular weight excluding hydrogens is 282 g/mol. The quantitative estimate of drug-likeness (QED) is 0.519. The van der Waals surface area contributed by atoms with Crippen LogP contribution in [0.1, 0.15) is 13.3 Å². The summed E-state index contributed by atoms with van der Waals surface area (Å²) < 4.78 is 43.8. The second-order valence-corrected chi connectivity index (χ2v) is 5.19. The van der Waals surface area contributed by atoms with Crippen LogP contribution in [0.15, 0.2) is 0 Å². The molecule has 1 aliphatic heterocycles. The first-order chi connectivity index (χ1) is 8.73. The first kappa shape index (κ1) is 16.3. The third-order valence-electron chi connectivity index (χ3n) is 2.54. The molecule has 3 N–H and O–H groups in total. The van der Waals surface area contributed by atoms with Gasteiger partial charge in [-0.15, -0.1) is 0 Å². The molecule has 112 valence electrons. The molecular formula is C9H17NO8S. The highest BCUT2D eigenvalue weighted by Crippen LogP contribution is 2.21. The van der Waals surface area contributed by atoms with Crippen molar-refractivity contribution in [3.63, 3.8) is 0 Å². The summed E-state index contributed by atoms with van der Waals surface area (Å²) in [4.78, 5) is 11.0. The van der Waals surface area contributed by atoms with Gasteiger partial charge in [0.1, 0.15) is 6.04 Å². The molecule has 0 aliphatic carbocycles. The van der Waals surface area contributed by atoms with Crippen molar-refractivity contribution >= 4 is 16.3 Å². The van der Waals surface area contributed by atoms with Gasteiger partial charge < -0.3 is 19.9 Å². The molecule has 0 aromatic carbocycles. The van der Waals surface area contributed by atoms with Gasteiger partial charge in [0.25, 0.3) is 0 Å². The fourth-order valence-corrected chi connectivity index (χ4v) is 2.12. The third kappa shape index (κ3) is 5.38. The van der Waals surface area contributed by atoms with E-state index in [0.29, 0.717) is 0 Å². The highest BCUT2D eigenvalue weighted by Gasteiger charge is 2.39. The molecule has 1 fully saturated rings. The summed E-state index contributed by atoms with van der Waals surface area (Å²) in [5.41, 5.74) is 0. The maximum absolute atomic E-state index is 11.0. The number of carbonyl (C=O) groups is 1. The predicted octanol–water partition coefficient (Wildman–Crippen LogP) is -1.57. The van der Waals surface area contributed by atoms with Crippen LogP contribution in [-0.4, -0.2) is 62.2 Å². The number of aliphatic hydroxyl groups is 1. The van der Waals surface area contributed by atoms with Crippen LogP contribution in [0.5, 0.6) is 0 Å². The van der Waals surface area contributed by atoms with E-state index < -0.39 is 41.5 Å². The molecule has 0 bridgehead atoms. The van der Waals surface area contributed by atoms with Gasteiger partial charge in [-0.3, -0.25) is 9.35 Å². The monoisotopic (exact) mass is 299 g/mol. The van der Waals surface area contributed by atoms with Crippen LogP contribution in [0.2, 0.25) is 0 Å². The Morgan fingerprint density at radius 3 is 2.63 bits per heavy atom. The van der Waals surface area contributed by atoms with E-state index in [0.717, 1.165) is 0 Å². The van der Waals surface area contributed by atoms with Gasteiger partial charge in [0.2, 0.25) is 5.91 Å². The first-order valence-corrected chi connectivity index (χ1v) is 6.84. The maximum atomic E-state index is 11.0. The van der Waals surface area contributed by atoms with Gasteiger partial charge in [-0.25, -0.2) is 4.18 Å². The zero-order chi connectivity index (χ0) is 14.6. The number of hydrogen-bond acceptors (Lipinski definition) is 7. The number of methoxy groups -OCH3 is 1. The van der Waals surface area contributed by atoms with Crippen molar-refractivity contribution < 1.29 is 36.5 Å². The second-order valence-electron chi connectivity index (χ2n) is 4.10. The summed E-state index contributed by atoms with van der Waals surface area (Å²) in [6.07, 6.45) is -2.69.